The van der Waals surface area contributed by atoms with Gasteiger partial charge in [-0.05, 0) is 64.9 Å². The summed E-state index contributed by atoms with van der Waals surface area (Å²) < 4.78 is 19.6. The highest BCUT2D eigenvalue weighted by molar-refractivity contribution is 5.47. The van der Waals surface area contributed by atoms with Crippen molar-refractivity contribution in [1.29, 1.82) is 0 Å². The van der Waals surface area contributed by atoms with E-state index in [1.807, 2.05) is 87.0 Å². The van der Waals surface area contributed by atoms with Crippen LogP contribution in [0.2, 0.25) is 0 Å². The molecule has 2 aromatic carbocycles. The van der Waals surface area contributed by atoms with Crippen molar-refractivity contribution in [2.45, 2.75) is 59.3 Å². The molecule has 0 saturated carbocycles. The van der Waals surface area contributed by atoms with Crippen LogP contribution in [0.15, 0.2) is 54.6 Å². The number of rotatable bonds is 12. The summed E-state index contributed by atoms with van der Waals surface area (Å²) in [7, 11) is 1.63. The fraction of sp³-hybridized carbons (Fsp3) is 0.464. The van der Waals surface area contributed by atoms with Crippen molar-refractivity contribution < 1.29 is 19.3 Å². The largest absolute Gasteiger partial charge is 0.493 e. The predicted octanol–water partition coefficient (Wildman–Crippen LogP) is 5.37. The molecule has 7 heteroatoms. The van der Waals surface area contributed by atoms with Gasteiger partial charge in [0, 0.05) is 13.1 Å². The van der Waals surface area contributed by atoms with Gasteiger partial charge in [0.2, 0.25) is 5.88 Å². The minimum atomic E-state index is -0.594. The Kier molecular flexibility index (Phi) is 9.32. The van der Waals surface area contributed by atoms with Crippen molar-refractivity contribution in [3.8, 4) is 23.1 Å². The van der Waals surface area contributed by atoms with Crippen LogP contribution in [0.3, 0.4) is 0 Å². The fourth-order valence-electron chi connectivity index (χ4n) is 3.85. The first kappa shape index (κ1) is 26.7. The number of benzene rings is 2. The maximum Gasteiger partial charge on any atom is 0.227 e. The van der Waals surface area contributed by atoms with Gasteiger partial charge in [-0.2, -0.15) is 5.10 Å². The molecule has 0 bridgehead atoms. The first-order valence-corrected chi connectivity index (χ1v) is 12.2. The second-order valence-corrected chi connectivity index (χ2v) is 9.68. The van der Waals surface area contributed by atoms with Crippen LogP contribution >= 0.6 is 0 Å². The average molecular weight is 482 g/mol. The molecule has 1 heterocycles. The summed E-state index contributed by atoms with van der Waals surface area (Å²) in [5.41, 5.74) is 2.46. The number of aryl methyl sites for hydroxylation is 1. The molecule has 35 heavy (non-hydrogen) atoms. The second-order valence-electron chi connectivity index (χ2n) is 9.68. The predicted molar refractivity (Wildman–Crippen MR) is 139 cm³/mol. The number of nitrogens with zero attached hydrogens (tertiary/aromatic N) is 3. The summed E-state index contributed by atoms with van der Waals surface area (Å²) in [4.78, 5) is 2.23. The third kappa shape index (κ3) is 7.56. The Morgan fingerprint density at radius 2 is 1.69 bits per heavy atom. The number of ether oxygens (including phenoxy) is 3. The zero-order valence-electron chi connectivity index (χ0n) is 21.8. The van der Waals surface area contributed by atoms with Crippen LogP contribution in [0.1, 0.15) is 45.4 Å². The highest BCUT2D eigenvalue weighted by Crippen LogP contribution is 2.36. The Bertz CT molecular complexity index is 1060. The van der Waals surface area contributed by atoms with E-state index in [1.54, 1.807) is 7.11 Å². The van der Waals surface area contributed by atoms with Gasteiger partial charge in [-0.3, -0.25) is 4.90 Å². The Hall–Kier alpha value is -2.87. The van der Waals surface area contributed by atoms with Crippen molar-refractivity contribution >= 4 is 0 Å². The van der Waals surface area contributed by atoms with Crippen molar-refractivity contribution in [2.75, 3.05) is 26.8 Å². The van der Waals surface area contributed by atoms with E-state index in [1.165, 1.54) is 0 Å². The lowest BCUT2D eigenvalue weighted by Gasteiger charge is -2.27. The van der Waals surface area contributed by atoms with Crippen molar-refractivity contribution in [2.24, 2.45) is 0 Å². The third-order valence-electron chi connectivity index (χ3n) is 5.51. The van der Waals surface area contributed by atoms with Crippen LogP contribution in [-0.2, 0) is 11.3 Å². The van der Waals surface area contributed by atoms with Crippen LogP contribution in [-0.4, -0.2) is 58.3 Å². The molecule has 1 atom stereocenters. The molecule has 0 aliphatic heterocycles. The number of methoxy groups -OCH3 is 1. The standard InChI is InChI=1S/C28H39N3O4/c1-7-17-30(18-23(32)20-34-28(3,4)5)19-24-21(2)29-31(22-13-9-8-10-14-22)27(24)35-26-16-12-11-15-25(26)33-6/h8-16,23,32H,7,17-20H2,1-6H3/t23-/m1/s1. The van der Waals surface area contributed by atoms with Crippen LogP contribution in [0, 0.1) is 6.92 Å². The van der Waals surface area contributed by atoms with Crippen LogP contribution in [0.4, 0.5) is 0 Å². The second kappa shape index (κ2) is 12.2. The van der Waals surface area contributed by atoms with Crippen LogP contribution in [0.25, 0.3) is 5.69 Å². The van der Waals surface area contributed by atoms with E-state index in [2.05, 4.69) is 11.8 Å². The summed E-state index contributed by atoms with van der Waals surface area (Å²) in [6.45, 7) is 12.3. The fourth-order valence-corrected chi connectivity index (χ4v) is 3.85. The molecule has 0 amide bonds. The SMILES string of the molecule is CCCN(Cc1c(C)nn(-c2ccccc2)c1Oc1ccccc1OC)C[C@@H](O)COC(C)(C)C. The molecule has 0 aliphatic carbocycles. The van der Waals surface area contributed by atoms with Crippen molar-refractivity contribution in [1.82, 2.24) is 14.7 Å². The van der Waals surface area contributed by atoms with Crippen LogP contribution in [0.5, 0.6) is 17.4 Å². The summed E-state index contributed by atoms with van der Waals surface area (Å²) >= 11 is 0. The van der Waals surface area contributed by atoms with Gasteiger partial charge in [0.25, 0.3) is 0 Å². The smallest absolute Gasteiger partial charge is 0.227 e. The summed E-state index contributed by atoms with van der Waals surface area (Å²) in [5, 5.41) is 15.5. The molecule has 0 spiro atoms. The van der Waals surface area contributed by atoms with Gasteiger partial charge in [-0.1, -0.05) is 37.3 Å². The van der Waals surface area contributed by atoms with Gasteiger partial charge in [0.1, 0.15) is 0 Å². The van der Waals surface area contributed by atoms with E-state index in [0.717, 1.165) is 29.9 Å². The lowest BCUT2D eigenvalue weighted by molar-refractivity contribution is -0.0567. The maximum absolute atomic E-state index is 10.7. The van der Waals surface area contributed by atoms with Gasteiger partial charge < -0.3 is 19.3 Å². The number of aliphatic hydroxyl groups excluding tert-OH is 1. The van der Waals surface area contributed by atoms with Crippen LogP contribution < -0.4 is 9.47 Å². The molecule has 0 radical (unpaired) electrons. The molecular weight excluding hydrogens is 442 g/mol. The lowest BCUT2D eigenvalue weighted by atomic mass is 10.2. The summed E-state index contributed by atoms with van der Waals surface area (Å²) in [6.07, 6.45) is 0.366. The molecule has 1 N–H and O–H groups in total. The number of hydrogen-bond donors (Lipinski definition) is 1. The Morgan fingerprint density at radius 3 is 2.31 bits per heavy atom. The van der Waals surface area contributed by atoms with Gasteiger partial charge in [-0.25, -0.2) is 4.68 Å². The van der Waals surface area contributed by atoms with Crippen molar-refractivity contribution in [3.63, 3.8) is 0 Å². The molecule has 3 rings (SSSR count). The molecule has 0 saturated heterocycles. The minimum Gasteiger partial charge on any atom is -0.493 e. The molecular formula is C28H39N3O4. The van der Waals surface area contributed by atoms with Crippen molar-refractivity contribution in [3.05, 3.63) is 65.9 Å². The topological polar surface area (TPSA) is 69.0 Å². The Labute approximate surface area is 209 Å². The Balaban J connectivity index is 1.94. The maximum atomic E-state index is 10.7. The normalized spacial score (nSPS) is 12.7. The van der Waals surface area contributed by atoms with Gasteiger partial charge in [0.05, 0.1) is 42.4 Å². The van der Waals surface area contributed by atoms with E-state index in [-0.39, 0.29) is 12.2 Å². The highest BCUT2D eigenvalue weighted by atomic mass is 16.5. The van der Waals surface area contributed by atoms with Gasteiger partial charge in [0.15, 0.2) is 11.5 Å². The molecule has 1 aromatic heterocycles. The monoisotopic (exact) mass is 481 g/mol. The average Bonchev–Trinajstić information content (AvgIpc) is 3.13. The quantitative estimate of drug-likeness (QED) is 0.375. The molecule has 3 aromatic rings. The van der Waals surface area contributed by atoms with E-state index in [4.69, 9.17) is 19.3 Å². The number of aromatic nitrogens is 2. The number of para-hydroxylation sites is 3. The Morgan fingerprint density at radius 1 is 1.03 bits per heavy atom. The molecule has 0 unspecified atom stereocenters. The van der Waals surface area contributed by atoms with Gasteiger partial charge in [-0.15, -0.1) is 0 Å². The van der Waals surface area contributed by atoms with E-state index in [0.29, 0.717) is 30.5 Å². The van der Waals surface area contributed by atoms with Gasteiger partial charge >= 0.3 is 0 Å². The molecule has 190 valence electrons. The summed E-state index contributed by atoms with van der Waals surface area (Å²) in [6, 6.07) is 17.5. The van der Waals surface area contributed by atoms with E-state index >= 15 is 0 Å². The third-order valence-corrected chi connectivity index (χ3v) is 5.51. The summed E-state index contributed by atoms with van der Waals surface area (Å²) in [5.74, 6) is 1.91. The zero-order valence-corrected chi connectivity index (χ0v) is 21.8. The lowest BCUT2D eigenvalue weighted by Crippen LogP contribution is -2.37. The zero-order chi connectivity index (χ0) is 25.4. The first-order valence-electron chi connectivity index (χ1n) is 12.2. The number of hydrogen-bond acceptors (Lipinski definition) is 6. The van der Waals surface area contributed by atoms with E-state index < -0.39 is 6.10 Å². The molecule has 0 fully saturated rings. The first-order chi connectivity index (χ1) is 16.7. The van der Waals surface area contributed by atoms with E-state index in [9.17, 15) is 5.11 Å². The molecule has 0 aliphatic rings. The number of aliphatic hydroxyl groups is 1. The highest BCUT2D eigenvalue weighted by Gasteiger charge is 2.24. The molecule has 7 nitrogen and oxygen atoms in total. The minimum absolute atomic E-state index is 0.288.